The van der Waals surface area contributed by atoms with E-state index in [1.54, 1.807) is 19.9 Å². The summed E-state index contributed by atoms with van der Waals surface area (Å²) in [5, 5.41) is 38.3. The third kappa shape index (κ3) is 3.87. The van der Waals surface area contributed by atoms with E-state index in [2.05, 4.69) is 0 Å². The molecule has 0 aromatic heterocycles. The van der Waals surface area contributed by atoms with Crippen molar-refractivity contribution in [2.45, 2.75) is 109 Å². The number of aliphatic hydroxyl groups is 3. The highest BCUT2D eigenvalue weighted by molar-refractivity contribution is 5.98. The molecule has 2 fully saturated rings. The molecular formula is C32H42O10. The third-order valence-electron chi connectivity index (χ3n) is 11.6. The van der Waals surface area contributed by atoms with E-state index >= 15 is 0 Å². The van der Waals surface area contributed by atoms with Gasteiger partial charge in [-0.3, -0.25) is 14.4 Å². The first-order valence-corrected chi connectivity index (χ1v) is 14.7. The SMILES string of the molecule is CC(=O)OC[C@]12CC[C@H]3[C@@H](CC=C4CC=CC(=O)[C@@]43C)[C@]1(O)[C@@H](OC(C)=O)C[C@@]2(O)[C@@](C)(O)[C@H]1CC(C)=C(C)C(=O)O1. The van der Waals surface area contributed by atoms with Crippen molar-refractivity contribution in [1.82, 2.24) is 0 Å². The van der Waals surface area contributed by atoms with E-state index in [1.165, 1.54) is 20.8 Å². The van der Waals surface area contributed by atoms with Gasteiger partial charge in [-0.25, -0.2) is 4.79 Å². The minimum Gasteiger partial charge on any atom is -0.465 e. The Bertz CT molecular complexity index is 1320. The van der Waals surface area contributed by atoms with Crippen molar-refractivity contribution in [2.24, 2.45) is 22.7 Å². The molecule has 2 saturated carbocycles. The number of fused-ring (bicyclic) bond motifs is 5. The summed E-state index contributed by atoms with van der Waals surface area (Å²) in [7, 11) is 0. The van der Waals surface area contributed by atoms with E-state index in [-0.39, 0.29) is 24.5 Å². The van der Waals surface area contributed by atoms with Gasteiger partial charge in [0.1, 0.15) is 35.6 Å². The quantitative estimate of drug-likeness (QED) is 0.249. The lowest BCUT2D eigenvalue weighted by molar-refractivity contribution is -0.299. The van der Waals surface area contributed by atoms with Crippen LogP contribution in [0, 0.1) is 22.7 Å². The number of allylic oxidation sites excluding steroid dienone is 4. The Morgan fingerprint density at radius 3 is 2.45 bits per heavy atom. The number of carbonyl (C=O) groups excluding carboxylic acids is 4. The monoisotopic (exact) mass is 586 g/mol. The van der Waals surface area contributed by atoms with Crippen molar-refractivity contribution in [3.63, 3.8) is 0 Å². The van der Waals surface area contributed by atoms with E-state index in [0.717, 1.165) is 5.57 Å². The van der Waals surface area contributed by atoms with Gasteiger partial charge < -0.3 is 29.5 Å². The number of esters is 3. The van der Waals surface area contributed by atoms with E-state index in [1.807, 2.05) is 19.1 Å². The fourth-order valence-electron chi connectivity index (χ4n) is 9.03. The standard InChI is InChI=1S/C32H42O10/c1-17-14-25(42-27(36)18(17)2)29(6,37)31(38)15-26(41-20(4)34)32(39)23-11-10-21-8-7-9-24(35)28(21,5)22(23)12-13-30(31,32)16-40-19(3)33/h7,9-10,22-23,25-26,37-39H,8,11-16H2,1-6H3/t22-,23+,25+,26-,28-,29-,30-,31+,32-/m0/s1. The second kappa shape index (κ2) is 9.86. The zero-order valence-electron chi connectivity index (χ0n) is 25.2. The highest BCUT2D eigenvalue weighted by atomic mass is 16.6. The normalized spacial score (nSPS) is 42.5. The van der Waals surface area contributed by atoms with Gasteiger partial charge in [0.05, 0.1) is 10.8 Å². The first-order valence-electron chi connectivity index (χ1n) is 14.7. The molecule has 0 bridgehead atoms. The molecule has 0 unspecified atom stereocenters. The Morgan fingerprint density at radius 1 is 1.14 bits per heavy atom. The molecule has 0 saturated heterocycles. The number of rotatable bonds is 5. The lowest BCUT2D eigenvalue weighted by Gasteiger charge is -2.63. The minimum absolute atomic E-state index is 0.0384. The van der Waals surface area contributed by atoms with Crippen LogP contribution in [0.15, 0.2) is 34.9 Å². The molecule has 3 N–H and O–H groups in total. The van der Waals surface area contributed by atoms with E-state index in [4.69, 9.17) is 14.2 Å². The van der Waals surface area contributed by atoms with Gasteiger partial charge in [-0.15, -0.1) is 0 Å². The molecular weight excluding hydrogens is 544 g/mol. The van der Waals surface area contributed by atoms with Crippen molar-refractivity contribution in [3.05, 3.63) is 34.9 Å². The van der Waals surface area contributed by atoms with Crippen LogP contribution in [0.4, 0.5) is 0 Å². The van der Waals surface area contributed by atoms with Crippen LogP contribution in [0.5, 0.6) is 0 Å². The maximum atomic E-state index is 13.4. The lowest BCUT2D eigenvalue weighted by Crippen LogP contribution is -2.75. The average molecular weight is 587 g/mol. The van der Waals surface area contributed by atoms with Crippen LogP contribution in [-0.2, 0) is 33.4 Å². The molecule has 230 valence electrons. The lowest BCUT2D eigenvalue weighted by atomic mass is 9.44. The Labute approximate surface area is 245 Å². The zero-order chi connectivity index (χ0) is 31.0. The second-order valence-corrected chi connectivity index (χ2v) is 13.4. The number of ketones is 1. The molecule has 1 heterocycles. The first-order chi connectivity index (χ1) is 19.5. The average Bonchev–Trinajstić information content (AvgIpc) is 3.10. The molecule has 0 aromatic rings. The highest BCUT2D eigenvalue weighted by Gasteiger charge is 2.82. The van der Waals surface area contributed by atoms with E-state index in [9.17, 15) is 34.5 Å². The van der Waals surface area contributed by atoms with E-state index < -0.39 is 76.7 Å². The van der Waals surface area contributed by atoms with Crippen LogP contribution in [0.2, 0.25) is 0 Å². The predicted molar refractivity (Wildman–Crippen MR) is 148 cm³/mol. The van der Waals surface area contributed by atoms with Crippen LogP contribution >= 0.6 is 0 Å². The number of ether oxygens (including phenoxy) is 3. The number of carbonyl (C=O) groups is 4. The Morgan fingerprint density at radius 2 is 1.83 bits per heavy atom. The summed E-state index contributed by atoms with van der Waals surface area (Å²) in [4.78, 5) is 50.8. The molecule has 5 rings (SSSR count). The zero-order valence-corrected chi connectivity index (χ0v) is 25.2. The maximum absolute atomic E-state index is 13.4. The summed E-state index contributed by atoms with van der Waals surface area (Å²) in [5.74, 6) is -3.14. The minimum atomic E-state index is -2.26. The highest BCUT2D eigenvalue weighted by Crippen LogP contribution is 2.71. The summed E-state index contributed by atoms with van der Waals surface area (Å²) >= 11 is 0. The van der Waals surface area contributed by atoms with Crippen LogP contribution < -0.4 is 0 Å². The van der Waals surface area contributed by atoms with Gasteiger partial charge in [-0.2, -0.15) is 0 Å². The number of hydrogen-bond acceptors (Lipinski definition) is 10. The van der Waals surface area contributed by atoms with Crippen molar-refractivity contribution in [2.75, 3.05) is 6.61 Å². The smallest absolute Gasteiger partial charge is 0.334 e. The largest absolute Gasteiger partial charge is 0.465 e. The van der Waals surface area contributed by atoms with E-state index in [0.29, 0.717) is 30.4 Å². The Kier molecular flexibility index (Phi) is 7.19. The fourth-order valence-corrected chi connectivity index (χ4v) is 9.03. The van der Waals surface area contributed by atoms with Crippen molar-refractivity contribution in [1.29, 1.82) is 0 Å². The number of cyclic esters (lactones) is 1. The molecule has 0 amide bonds. The molecule has 5 aliphatic rings. The Balaban J connectivity index is 1.70. The Hall–Kier alpha value is -2.82. The summed E-state index contributed by atoms with van der Waals surface area (Å²) in [6, 6.07) is 0. The maximum Gasteiger partial charge on any atom is 0.334 e. The van der Waals surface area contributed by atoms with Crippen LogP contribution in [0.25, 0.3) is 0 Å². The predicted octanol–water partition coefficient (Wildman–Crippen LogP) is 2.63. The van der Waals surface area contributed by atoms with Crippen molar-refractivity contribution >= 4 is 23.7 Å². The van der Waals surface area contributed by atoms with Gasteiger partial charge in [0.25, 0.3) is 0 Å². The van der Waals surface area contributed by atoms with Crippen LogP contribution in [-0.4, -0.2) is 74.6 Å². The summed E-state index contributed by atoms with van der Waals surface area (Å²) in [6.07, 6.45) is 3.87. The molecule has 0 spiro atoms. The van der Waals surface area contributed by atoms with Gasteiger partial charge in [0.15, 0.2) is 5.78 Å². The number of hydrogen-bond donors (Lipinski definition) is 3. The van der Waals surface area contributed by atoms with Gasteiger partial charge in [0, 0.05) is 32.3 Å². The van der Waals surface area contributed by atoms with Crippen LogP contribution in [0.3, 0.4) is 0 Å². The first kappa shape index (κ1) is 30.6. The van der Waals surface area contributed by atoms with Crippen molar-refractivity contribution < 1.29 is 48.7 Å². The second-order valence-electron chi connectivity index (χ2n) is 13.4. The van der Waals surface area contributed by atoms with Crippen LogP contribution in [0.1, 0.15) is 80.1 Å². The molecule has 0 aromatic carbocycles. The van der Waals surface area contributed by atoms with Gasteiger partial charge in [-0.1, -0.05) is 23.3 Å². The van der Waals surface area contributed by atoms with Gasteiger partial charge in [-0.05, 0) is 71.3 Å². The third-order valence-corrected chi connectivity index (χ3v) is 11.6. The molecule has 0 radical (unpaired) electrons. The molecule has 1 aliphatic heterocycles. The molecule has 42 heavy (non-hydrogen) atoms. The van der Waals surface area contributed by atoms with Gasteiger partial charge >= 0.3 is 17.9 Å². The van der Waals surface area contributed by atoms with Crippen molar-refractivity contribution in [3.8, 4) is 0 Å². The fraction of sp³-hybridized carbons (Fsp3) is 0.688. The summed E-state index contributed by atoms with van der Waals surface area (Å²) < 4.78 is 17.0. The topological polar surface area (TPSA) is 157 Å². The summed E-state index contributed by atoms with van der Waals surface area (Å²) in [5.41, 5.74) is -7.06. The molecule has 10 heteroatoms. The molecule has 10 nitrogen and oxygen atoms in total. The van der Waals surface area contributed by atoms with Gasteiger partial charge in [0.2, 0.25) is 0 Å². The summed E-state index contributed by atoms with van der Waals surface area (Å²) in [6.45, 7) is 8.52. The molecule has 9 atom stereocenters. The molecule has 4 aliphatic carbocycles.